The summed E-state index contributed by atoms with van der Waals surface area (Å²) < 4.78 is 3.93. The Hall–Kier alpha value is -1.78. The van der Waals surface area contributed by atoms with Crippen LogP contribution in [-0.4, -0.2) is 19.3 Å². The minimum atomic E-state index is 0.204. The molecule has 5 heteroatoms. The second kappa shape index (κ2) is 6.99. The van der Waals surface area contributed by atoms with Crippen LogP contribution < -0.4 is 5.56 Å². The number of hydrogen-bond acceptors (Lipinski definition) is 2. The van der Waals surface area contributed by atoms with Crippen molar-refractivity contribution in [1.82, 2.24) is 19.3 Å². The fraction of sp³-hybridized carbons (Fsp3) is 0.647. The van der Waals surface area contributed by atoms with Crippen LogP contribution in [0.3, 0.4) is 0 Å². The Balaban J connectivity index is 1.90. The molecule has 0 bridgehead atoms. The Morgan fingerprint density at radius 1 is 1.32 bits per heavy atom. The third kappa shape index (κ3) is 3.18. The summed E-state index contributed by atoms with van der Waals surface area (Å²) in [4.78, 5) is 16.9. The number of aromatic amines is 1. The molecule has 1 aliphatic carbocycles. The Labute approximate surface area is 131 Å². The third-order valence-corrected chi connectivity index (χ3v) is 4.72. The molecule has 1 saturated carbocycles. The number of rotatable bonds is 6. The molecule has 0 unspecified atom stereocenters. The second-order valence-corrected chi connectivity index (χ2v) is 6.37. The number of nitrogens with one attached hydrogen (secondary N) is 1. The van der Waals surface area contributed by atoms with Crippen LogP contribution in [0.15, 0.2) is 23.5 Å². The van der Waals surface area contributed by atoms with E-state index in [4.69, 9.17) is 0 Å². The summed E-state index contributed by atoms with van der Waals surface area (Å²) in [6, 6.07) is 0.359. The zero-order valence-corrected chi connectivity index (χ0v) is 13.4. The summed E-state index contributed by atoms with van der Waals surface area (Å²) in [5.74, 6) is 0. The minimum absolute atomic E-state index is 0.204. The Morgan fingerprint density at radius 3 is 2.82 bits per heavy atom. The molecule has 0 atom stereocenters. The number of unbranched alkanes of at least 4 members (excludes halogenated alkanes) is 1. The first-order valence-corrected chi connectivity index (χ1v) is 8.57. The van der Waals surface area contributed by atoms with Crippen LogP contribution in [0.1, 0.15) is 69.2 Å². The molecule has 1 fully saturated rings. The molecule has 0 aliphatic heterocycles. The van der Waals surface area contributed by atoms with Crippen LogP contribution >= 0.6 is 0 Å². The number of imidazole rings is 1. The zero-order valence-electron chi connectivity index (χ0n) is 13.4. The quantitative estimate of drug-likeness (QED) is 0.890. The molecule has 120 valence electrons. The highest BCUT2D eigenvalue weighted by molar-refractivity contribution is 5.19. The van der Waals surface area contributed by atoms with Crippen molar-refractivity contribution in [3.8, 4) is 0 Å². The highest BCUT2D eigenvalue weighted by Gasteiger charge is 2.21. The summed E-state index contributed by atoms with van der Waals surface area (Å²) in [6.07, 6.45) is 14.6. The maximum atomic E-state index is 12.8. The summed E-state index contributed by atoms with van der Waals surface area (Å²) in [7, 11) is 0. The van der Waals surface area contributed by atoms with E-state index >= 15 is 0 Å². The van der Waals surface area contributed by atoms with E-state index in [1.165, 1.54) is 19.3 Å². The van der Waals surface area contributed by atoms with Gasteiger partial charge in [0, 0.05) is 18.0 Å². The van der Waals surface area contributed by atoms with Crippen molar-refractivity contribution in [1.29, 1.82) is 0 Å². The van der Waals surface area contributed by atoms with Gasteiger partial charge in [-0.1, -0.05) is 32.6 Å². The summed E-state index contributed by atoms with van der Waals surface area (Å²) >= 11 is 0. The lowest BCUT2D eigenvalue weighted by atomic mass is 9.96. The lowest BCUT2D eigenvalue weighted by Gasteiger charge is -2.22. The zero-order chi connectivity index (χ0) is 15.4. The van der Waals surface area contributed by atoms with Gasteiger partial charge < -0.3 is 4.57 Å². The van der Waals surface area contributed by atoms with Gasteiger partial charge >= 0.3 is 0 Å². The molecule has 0 amide bonds. The molecule has 2 aromatic heterocycles. The maximum Gasteiger partial charge on any atom is 0.270 e. The fourth-order valence-electron chi connectivity index (χ4n) is 3.44. The Bertz CT molecular complexity index is 632. The lowest BCUT2D eigenvalue weighted by Crippen LogP contribution is -2.25. The van der Waals surface area contributed by atoms with Gasteiger partial charge in [-0.3, -0.25) is 9.89 Å². The van der Waals surface area contributed by atoms with Gasteiger partial charge in [-0.05, 0) is 25.7 Å². The molecule has 3 rings (SSSR count). The molecule has 0 saturated heterocycles. The first kappa shape index (κ1) is 15.1. The van der Waals surface area contributed by atoms with Gasteiger partial charge in [-0.25, -0.2) is 9.67 Å². The van der Waals surface area contributed by atoms with E-state index in [0.29, 0.717) is 12.6 Å². The molecule has 1 N–H and O–H groups in total. The minimum Gasteiger partial charge on any atom is -0.332 e. The van der Waals surface area contributed by atoms with E-state index in [2.05, 4.69) is 17.0 Å². The first-order valence-electron chi connectivity index (χ1n) is 8.57. The van der Waals surface area contributed by atoms with E-state index in [0.717, 1.165) is 43.4 Å². The van der Waals surface area contributed by atoms with Gasteiger partial charge in [-0.15, -0.1) is 0 Å². The maximum absolute atomic E-state index is 12.8. The normalized spacial score (nSPS) is 16.2. The van der Waals surface area contributed by atoms with Crippen molar-refractivity contribution in [2.45, 2.75) is 70.9 Å². The van der Waals surface area contributed by atoms with Crippen molar-refractivity contribution in [3.63, 3.8) is 0 Å². The van der Waals surface area contributed by atoms with Crippen LogP contribution in [0.25, 0.3) is 0 Å². The predicted molar refractivity (Wildman–Crippen MR) is 87.1 cm³/mol. The Morgan fingerprint density at radius 2 is 2.14 bits per heavy atom. The molecule has 0 radical (unpaired) electrons. The van der Waals surface area contributed by atoms with Gasteiger partial charge in [0.2, 0.25) is 0 Å². The van der Waals surface area contributed by atoms with Gasteiger partial charge in [0.25, 0.3) is 5.56 Å². The molecule has 2 heterocycles. The van der Waals surface area contributed by atoms with Gasteiger partial charge in [0.1, 0.15) is 0 Å². The van der Waals surface area contributed by atoms with Crippen molar-refractivity contribution < 1.29 is 0 Å². The highest BCUT2D eigenvalue weighted by atomic mass is 16.1. The Kier molecular flexibility index (Phi) is 4.80. The molecular formula is C17H26N4O. The number of hydrogen-bond donors (Lipinski definition) is 1. The van der Waals surface area contributed by atoms with E-state index in [9.17, 15) is 4.79 Å². The van der Waals surface area contributed by atoms with E-state index in [1.54, 1.807) is 12.5 Å². The molecule has 1 aliphatic rings. The van der Waals surface area contributed by atoms with Crippen LogP contribution in [0.5, 0.6) is 0 Å². The number of H-pyrrole nitrogens is 1. The average molecular weight is 302 g/mol. The van der Waals surface area contributed by atoms with Crippen LogP contribution in [-0.2, 0) is 13.0 Å². The highest BCUT2D eigenvalue weighted by Crippen LogP contribution is 2.27. The van der Waals surface area contributed by atoms with E-state index < -0.39 is 0 Å². The average Bonchev–Trinajstić information content (AvgIpc) is 3.16. The van der Waals surface area contributed by atoms with Crippen molar-refractivity contribution >= 4 is 0 Å². The standard InChI is InChI=1S/C17H26N4O/c1-2-3-9-15-16(12-20-11-10-18-13-20)19-21(17(15)22)14-7-5-4-6-8-14/h10-11,13-14,19H,2-9,12H2,1H3. The topological polar surface area (TPSA) is 55.6 Å². The molecular weight excluding hydrogens is 276 g/mol. The third-order valence-electron chi connectivity index (χ3n) is 4.72. The SMILES string of the molecule is CCCCc1c(Cn2ccnc2)[nH]n(C2CCCCC2)c1=O. The van der Waals surface area contributed by atoms with Crippen molar-refractivity contribution in [3.05, 3.63) is 40.3 Å². The number of aromatic nitrogens is 4. The largest absolute Gasteiger partial charge is 0.332 e. The van der Waals surface area contributed by atoms with Crippen LogP contribution in [0.2, 0.25) is 0 Å². The van der Waals surface area contributed by atoms with Crippen molar-refractivity contribution in [2.75, 3.05) is 0 Å². The first-order chi connectivity index (χ1) is 10.8. The molecule has 2 aromatic rings. The van der Waals surface area contributed by atoms with E-state index in [-0.39, 0.29) is 5.56 Å². The molecule has 22 heavy (non-hydrogen) atoms. The summed E-state index contributed by atoms with van der Waals surface area (Å²) in [5.41, 5.74) is 2.23. The van der Waals surface area contributed by atoms with Gasteiger partial charge in [0.05, 0.1) is 24.6 Å². The van der Waals surface area contributed by atoms with Gasteiger partial charge in [-0.2, -0.15) is 0 Å². The molecule has 0 aromatic carbocycles. The lowest BCUT2D eigenvalue weighted by molar-refractivity contribution is 0.321. The summed E-state index contributed by atoms with van der Waals surface area (Å²) in [5, 5.41) is 3.42. The second-order valence-electron chi connectivity index (χ2n) is 6.37. The smallest absolute Gasteiger partial charge is 0.270 e. The van der Waals surface area contributed by atoms with Crippen LogP contribution in [0.4, 0.5) is 0 Å². The fourth-order valence-corrected chi connectivity index (χ4v) is 3.44. The molecule has 0 spiro atoms. The monoisotopic (exact) mass is 302 g/mol. The van der Waals surface area contributed by atoms with Crippen LogP contribution in [0, 0.1) is 0 Å². The predicted octanol–water partition coefficient (Wildman–Crippen LogP) is 3.27. The summed E-state index contributed by atoms with van der Waals surface area (Å²) in [6.45, 7) is 2.87. The number of nitrogens with zero attached hydrogens (tertiary/aromatic N) is 3. The van der Waals surface area contributed by atoms with E-state index in [1.807, 2.05) is 15.4 Å². The van der Waals surface area contributed by atoms with Gasteiger partial charge in [0.15, 0.2) is 0 Å². The van der Waals surface area contributed by atoms with Crippen molar-refractivity contribution in [2.24, 2.45) is 0 Å². The molecule has 5 nitrogen and oxygen atoms in total.